The van der Waals surface area contributed by atoms with Crippen LogP contribution in [0, 0.1) is 10.1 Å². The van der Waals surface area contributed by atoms with Crippen LogP contribution in [-0.4, -0.2) is 28.4 Å². The standard InChI is InChI=1S/C18H18N2O4S/c21-18(24-13-14-5-2-1-3-6-14)16-7-4-11-19(16)12-10-15-8-9-17(25-15)20(22)23/h1-3,5-6,8-10,12,16H,4,7,11,13H2/b12-10+/t16-/m0/s1. The number of thiophene rings is 1. The SMILES string of the molecule is O=C(OCc1ccccc1)[C@@H]1CCCN1/C=C/c1ccc([N+](=O)[O-])s1. The van der Waals surface area contributed by atoms with Crippen molar-refractivity contribution < 1.29 is 14.5 Å². The molecule has 130 valence electrons. The molecule has 1 aliphatic heterocycles. The molecule has 1 atom stereocenters. The number of nitro groups is 1. The summed E-state index contributed by atoms with van der Waals surface area (Å²) in [5.41, 5.74) is 0.960. The molecular weight excluding hydrogens is 340 g/mol. The number of carbonyl (C=O) groups excluding carboxylic acids is 1. The Kier molecular flexibility index (Phi) is 5.45. The molecule has 1 fully saturated rings. The number of nitrogens with zero attached hydrogens (tertiary/aromatic N) is 2. The van der Waals surface area contributed by atoms with Crippen LogP contribution < -0.4 is 0 Å². The maximum Gasteiger partial charge on any atom is 0.329 e. The lowest BCUT2D eigenvalue weighted by molar-refractivity contribution is -0.380. The minimum Gasteiger partial charge on any atom is -0.459 e. The lowest BCUT2D eigenvalue weighted by Gasteiger charge is -2.21. The number of benzene rings is 1. The molecule has 25 heavy (non-hydrogen) atoms. The highest BCUT2D eigenvalue weighted by Gasteiger charge is 2.29. The number of hydrogen-bond acceptors (Lipinski definition) is 6. The maximum atomic E-state index is 12.3. The molecule has 1 aromatic heterocycles. The molecule has 1 saturated heterocycles. The van der Waals surface area contributed by atoms with Crippen LogP contribution in [0.1, 0.15) is 23.3 Å². The van der Waals surface area contributed by atoms with Gasteiger partial charge < -0.3 is 9.64 Å². The van der Waals surface area contributed by atoms with Crippen LogP contribution in [0.5, 0.6) is 0 Å². The summed E-state index contributed by atoms with van der Waals surface area (Å²) in [5, 5.41) is 10.8. The fraction of sp³-hybridized carbons (Fsp3) is 0.278. The lowest BCUT2D eigenvalue weighted by Crippen LogP contribution is -2.33. The molecule has 0 spiro atoms. The van der Waals surface area contributed by atoms with E-state index >= 15 is 0 Å². The van der Waals surface area contributed by atoms with Crippen LogP contribution in [0.25, 0.3) is 6.08 Å². The summed E-state index contributed by atoms with van der Waals surface area (Å²) in [6, 6.07) is 12.5. The van der Waals surface area contributed by atoms with E-state index in [4.69, 9.17) is 4.74 Å². The van der Waals surface area contributed by atoms with Crippen molar-refractivity contribution in [3.63, 3.8) is 0 Å². The average Bonchev–Trinajstić information content (AvgIpc) is 3.28. The van der Waals surface area contributed by atoms with Gasteiger partial charge in [0.15, 0.2) is 0 Å². The van der Waals surface area contributed by atoms with Crippen molar-refractivity contribution in [3.8, 4) is 0 Å². The lowest BCUT2D eigenvalue weighted by atomic mass is 10.2. The fourth-order valence-electron chi connectivity index (χ4n) is 2.74. The van der Waals surface area contributed by atoms with Gasteiger partial charge >= 0.3 is 11.0 Å². The Morgan fingerprint density at radius 2 is 2.12 bits per heavy atom. The Balaban J connectivity index is 1.58. The first-order valence-corrected chi connectivity index (χ1v) is 8.84. The van der Waals surface area contributed by atoms with E-state index in [2.05, 4.69) is 0 Å². The monoisotopic (exact) mass is 358 g/mol. The van der Waals surface area contributed by atoms with Gasteiger partial charge in [-0.1, -0.05) is 41.7 Å². The Morgan fingerprint density at radius 1 is 1.32 bits per heavy atom. The van der Waals surface area contributed by atoms with Gasteiger partial charge in [0.25, 0.3) is 0 Å². The summed E-state index contributed by atoms with van der Waals surface area (Å²) in [7, 11) is 0. The highest BCUT2D eigenvalue weighted by Crippen LogP contribution is 2.26. The van der Waals surface area contributed by atoms with E-state index in [1.807, 2.05) is 41.4 Å². The second kappa shape index (κ2) is 7.94. The van der Waals surface area contributed by atoms with Crippen molar-refractivity contribution >= 4 is 28.4 Å². The van der Waals surface area contributed by atoms with Gasteiger partial charge in [-0.05, 0) is 30.5 Å². The molecule has 0 bridgehead atoms. The van der Waals surface area contributed by atoms with Gasteiger partial charge in [0, 0.05) is 23.7 Å². The molecule has 2 aromatic rings. The first-order valence-electron chi connectivity index (χ1n) is 8.02. The molecule has 1 aromatic carbocycles. The minimum absolute atomic E-state index is 0.111. The predicted octanol–water partition coefficient (Wildman–Crippen LogP) is 3.83. The van der Waals surface area contributed by atoms with Gasteiger partial charge in [0.05, 0.1) is 4.92 Å². The Morgan fingerprint density at radius 3 is 2.84 bits per heavy atom. The third-order valence-electron chi connectivity index (χ3n) is 4.01. The van der Waals surface area contributed by atoms with Crippen LogP contribution in [0.2, 0.25) is 0 Å². The van der Waals surface area contributed by atoms with Gasteiger partial charge in [-0.2, -0.15) is 0 Å². The zero-order valence-corrected chi connectivity index (χ0v) is 14.4. The topological polar surface area (TPSA) is 72.7 Å². The highest BCUT2D eigenvalue weighted by atomic mass is 32.1. The third-order valence-corrected chi connectivity index (χ3v) is 5.02. The molecule has 0 unspecified atom stereocenters. The van der Waals surface area contributed by atoms with Gasteiger partial charge in [-0.15, -0.1) is 0 Å². The maximum absolute atomic E-state index is 12.3. The van der Waals surface area contributed by atoms with E-state index in [1.54, 1.807) is 12.1 Å². The summed E-state index contributed by atoms with van der Waals surface area (Å²) in [6.07, 6.45) is 5.31. The second-order valence-corrected chi connectivity index (χ2v) is 6.83. The Hall–Kier alpha value is -2.67. The summed E-state index contributed by atoms with van der Waals surface area (Å²) >= 11 is 1.11. The molecule has 6 nitrogen and oxygen atoms in total. The van der Waals surface area contributed by atoms with Crippen LogP contribution in [-0.2, 0) is 16.1 Å². The second-order valence-electron chi connectivity index (χ2n) is 5.74. The molecule has 0 saturated carbocycles. The largest absolute Gasteiger partial charge is 0.459 e. The van der Waals surface area contributed by atoms with Crippen molar-refractivity contribution in [2.24, 2.45) is 0 Å². The van der Waals surface area contributed by atoms with Gasteiger partial charge in [-0.25, -0.2) is 4.79 Å². The zero-order chi connectivity index (χ0) is 17.6. The Labute approximate surface area is 149 Å². The zero-order valence-electron chi connectivity index (χ0n) is 13.5. The van der Waals surface area contributed by atoms with Crippen LogP contribution in [0.4, 0.5) is 5.00 Å². The van der Waals surface area contributed by atoms with Gasteiger partial charge in [0.2, 0.25) is 0 Å². The average molecular weight is 358 g/mol. The quantitative estimate of drug-likeness (QED) is 0.446. The van der Waals surface area contributed by atoms with E-state index in [-0.39, 0.29) is 23.6 Å². The molecule has 0 aliphatic carbocycles. The molecular formula is C18H18N2O4S. The van der Waals surface area contributed by atoms with E-state index in [9.17, 15) is 14.9 Å². The number of hydrogen-bond donors (Lipinski definition) is 0. The van der Waals surface area contributed by atoms with E-state index < -0.39 is 4.92 Å². The predicted molar refractivity (Wildman–Crippen MR) is 96.0 cm³/mol. The molecule has 3 rings (SSSR count). The van der Waals surface area contributed by atoms with Crippen LogP contribution in [0.3, 0.4) is 0 Å². The molecule has 0 N–H and O–H groups in total. The molecule has 0 amide bonds. The van der Waals surface area contributed by atoms with E-state index in [1.165, 1.54) is 6.07 Å². The summed E-state index contributed by atoms with van der Waals surface area (Å²) in [6.45, 7) is 1.04. The van der Waals surface area contributed by atoms with E-state index in [0.29, 0.717) is 0 Å². The normalized spacial score (nSPS) is 17.1. The van der Waals surface area contributed by atoms with Crippen LogP contribution >= 0.6 is 11.3 Å². The van der Waals surface area contributed by atoms with Crippen molar-refractivity contribution in [1.82, 2.24) is 4.90 Å². The van der Waals surface area contributed by atoms with Gasteiger partial charge in [0.1, 0.15) is 12.6 Å². The molecule has 7 heteroatoms. The Bertz CT molecular complexity index is 772. The number of esters is 1. The first kappa shape index (κ1) is 17.2. The van der Waals surface area contributed by atoms with Crippen molar-refractivity contribution in [2.75, 3.05) is 6.54 Å². The minimum atomic E-state index is -0.401. The summed E-state index contributed by atoms with van der Waals surface area (Å²) in [4.78, 5) is 25.4. The number of carbonyl (C=O) groups is 1. The molecule has 2 heterocycles. The fourth-order valence-corrected chi connectivity index (χ4v) is 3.46. The van der Waals surface area contributed by atoms with Crippen molar-refractivity contribution in [3.05, 3.63) is 69.2 Å². The van der Waals surface area contributed by atoms with Crippen LogP contribution in [0.15, 0.2) is 48.7 Å². The summed E-state index contributed by atoms with van der Waals surface area (Å²) in [5.74, 6) is -0.233. The number of rotatable bonds is 6. The first-order chi connectivity index (χ1) is 12.1. The number of ether oxygens (including phenoxy) is 1. The smallest absolute Gasteiger partial charge is 0.329 e. The van der Waals surface area contributed by atoms with Crippen molar-refractivity contribution in [2.45, 2.75) is 25.5 Å². The number of likely N-dealkylation sites (tertiary alicyclic amines) is 1. The van der Waals surface area contributed by atoms with Gasteiger partial charge in [-0.3, -0.25) is 10.1 Å². The molecule has 0 radical (unpaired) electrons. The van der Waals surface area contributed by atoms with E-state index in [0.717, 1.165) is 41.2 Å². The molecule has 1 aliphatic rings. The highest BCUT2D eigenvalue weighted by molar-refractivity contribution is 7.16. The van der Waals surface area contributed by atoms with Crippen molar-refractivity contribution in [1.29, 1.82) is 0 Å². The summed E-state index contributed by atoms with van der Waals surface area (Å²) < 4.78 is 5.43. The third kappa shape index (κ3) is 4.45.